The van der Waals surface area contributed by atoms with Crippen LogP contribution in [0.1, 0.15) is 16.1 Å². The van der Waals surface area contributed by atoms with Crippen LogP contribution in [-0.4, -0.2) is 31.0 Å². The molecule has 5 aromatic rings. The van der Waals surface area contributed by atoms with Crippen LogP contribution in [0.25, 0.3) is 21.8 Å². The summed E-state index contributed by atoms with van der Waals surface area (Å²) < 4.78 is 0. The number of carboxylic acids is 1. The summed E-state index contributed by atoms with van der Waals surface area (Å²) in [7, 11) is 0. The first-order valence-corrected chi connectivity index (χ1v) is 9.41. The van der Waals surface area contributed by atoms with Crippen molar-refractivity contribution >= 4 is 45.2 Å². The molecule has 0 atom stereocenters. The van der Waals surface area contributed by atoms with E-state index in [0.29, 0.717) is 18.3 Å². The molecule has 0 saturated carbocycles. The SMILES string of the molecule is O=C(O)c1cc2c(Nc3nccc(NCc4ccc5[nH]ccc5c4)n3)cccc2[nH]1. The fourth-order valence-corrected chi connectivity index (χ4v) is 3.42. The predicted molar refractivity (Wildman–Crippen MR) is 116 cm³/mol. The highest BCUT2D eigenvalue weighted by atomic mass is 16.4. The second-order valence-corrected chi connectivity index (χ2v) is 6.90. The van der Waals surface area contributed by atoms with Gasteiger partial charge in [0.05, 0.1) is 5.69 Å². The minimum Gasteiger partial charge on any atom is -0.477 e. The van der Waals surface area contributed by atoms with Crippen molar-refractivity contribution in [2.75, 3.05) is 10.6 Å². The molecule has 148 valence electrons. The molecule has 30 heavy (non-hydrogen) atoms. The van der Waals surface area contributed by atoms with Crippen LogP contribution in [0.3, 0.4) is 0 Å². The van der Waals surface area contributed by atoms with Gasteiger partial charge in [0.25, 0.3) is 0 Å². The number of aromatic nitrogens is 4. The molecule has 0 unspecified atom stereocenters. The van der Waals surface area contributed by atoms with Crippen molar-refractivity contribution in [2.45, 2.75) is 6.54 Å². The summed E-state index contributed by atoms with van der Waals surface area (Å²) in [6, 6.07) is 17.2. The van der Waals surface area contributed by atoms with Gasteiger partial charge in [-0.1, -0.05) is 12.1 Å². The number of aromatic amines is 2. The van der Waals surface area contributed by atoms with Gasteiger partial charge < -0.3 is 25.7 Å². The highest BCUT2D eigenvalue weighted by Crippen LogP contribution is 2.26. The van der Waals surface area contributed by atoms with Gasteiger partial charge in [0.2, 0.25) is 5.95 Å². The number of aromatic carboxylic acids is 1. The Morgan fingerprint density at radius 2 is 2.00 bits per heavy atom. The van der Waals surface area contributed by atoms with Crippen molar-refractivity contribution in [1.29, 1.82) is 0 Å². The molecule has 3 aromatic heterocycles. The Kier molecular flexibility index (Phi) is 4.29. The third-order valence-corrected chi connectivity index (χ3v) is 4.89. The third-order valence-electron chi connectivity index (χ3n) is 4.89. The maximum absolute atomic E-state index is 11.2. The zero-order valence-electron chi connectivity index (χ0n) is 15.8. The van der Waals surface area contributed by atoms with Gasteiger partial charge >= 0.3 is 5.97 Å². The fourth-order valence-electron chi connectivity index (χ4n) is 3.42. The quantitative estimate of drug-likeness (QED) is 0.287. The summed E-state index contributed by atoms with van der Waals surface area (Å²) in [5.41, 5.74) is 3.85. The molecule has 0 bridgehead atoms. The van der Waals surface area contributed by atoms with Crippen LogP contribution in [-0.2, 0) is 6.54 Å². The molecular weight excluding hydrogens is 380 g/mol. The number of carboxylic acid groups (broad SMARTS) is 1. The molecule has 0 radical (unpaired) electrons. The molecule has 0 amide bonds. The first kappa shape index (κ1) is 17.7. The predicted octanol–water partition coefficient (Wildman–Crippen LogP) is 4.49. The minimum atomic E-state index is -1.00. The van der Waals surface area contributed by atoms with Crippen LogP contribution in [0.5, 0.6) is 0 Å². The Morgan fingerprint density at radius 1 is 1.07 bits per heavy atom. The molecule has 0 fully saturated rings. The van der Waals surface area contributed by atoms with Gasteiger partial charge in [0, 0.05) is 35.4 Å². The molecule has 8 heteroatoms. The monoisotopic (exact) mass is 398 g/mol. The van der Waals surface area contributed by atoms with Gasteiger partial charge in [-0.15, -0.1) is 0 Å². The lowest BCUT2D eigenvalue weighted by atomic mass is 10.1. The van der Waals surface area contributed by atoms with E-state index in [-0.39, 0.29) is 5.69 Å². The molecule has 3 heterocycles. The Hall–Kier alpha value is -4.33. The molecule has 0 spiro atoms. The molecule has 0 aliphatic heterocycles. The average molecular weight is 398 g/mol. The van der Waals surface area contributed by atoms with E-state index in [1.807, 2.05) is 30.5 Å². The summed E-state index contributed by atoms with van der Waals surface area (Å²) in [5, 5.41) is 17.6. The lowest BCUT2D eigenvalue weighted by Gasteiger charge is -2.09. The zero-order chi connectivity index (χ0) is 20.5. The minimum absolute atomic E-state index is 0.134. The summed E-state index contributed by atoms with van der Waals surface area (Å²) in [6.45, 7) is 0.632. The lowest BCUT2D eigenvalue weighted by molar-refractivity contribution is 0.0691. The van der Waals surface area contributed by atoms with E-state index in [9.17, 15) is 9.90 Å². The molecule has 5 rings (SSSR count). The molecule has 0 aliphatic carbocycles. The van der Waals surface area contributed by atoms with Crippen molar-refractivity contribution < 1.29 is 9.90 Å². The first-order chi connectivity index (χ1) is 14.7. The van der Waals surface area contributed by atoms with Crippen molar-refractivity contribution in [3.05, 3.63) is 78.2 Å². The summed E-state index contributed by atoms with van der Waals surface area (Å²) in [6.07, 6.45) is 3.60. The molecule has 0 aliphatic rings. The van der Waals surface area contributed by atoms with E-state index in [1.54, 1.807) is 18.3 Å². The first-order valence-electron chi connectivity index (χ1n) is 9.41. The highest BCUT2D eigenvalue weighted by Gasteiger charge is 2.11. The Morgan fingerprint density at radius 3 is 2.90 bits per heavy atom. The lowest BCUT2D eigenvalue weighted by Crippen LogP contribution is -2.04. The van der Waals surface area contributed by atoms with Crippen LogP contribution in [0.4, 0.5) is 17.5 Å². The van der Waals surface area contributed by atoms with Crippen molar-refractivity contribution in [2.24, 2.45) is 0 Å². The van der Waals surface area contributed by atoms with Gasteiger partial charge in [-0.2, -0.15) is 4.98 Å². The van der Waals surface area contributed by atoms with Crippen molar-refractivity contribution in [3.63, 3.8) is 0 Å². The van der Waals surface area contributed by atoms with E-state index < -0.39 is 5.97 Å². The van der Waals surface area contributed by atoms with Gasteiger partial charge in [0.15, 0.2) is 0 Å². The van der Waals surface area contributed by atoms with E-state index in [2.05, 4.69) is 48.8 Å². The third kappa shape index (κ3) is 3.42. The largest absolute Gasteiger partial charge is 0.477 e. The smallest absolute Gasteiger partial charge is 0.352 e. The Bertz CT molecular complexity index is 1370. The number of carbonyl (C=O) groups is 1. The number of nitrogens with one attached hydrogen (secondary N) is 4. The number of hydrogen-bond acceptors (Lipinski definition) is 5. The average Bonchev–Trinajstić information content (AvgIpc) is 3.40. The summed E-state index contributed by atoms with van der Waals surface area (Å²) in [4.78, 5) is 26.1. The van der Waals surface area contributed by atoms with Crippen LogP contribution < -0.4 is 10.6 Å². The second-order valence-electron chi connectivity index (χ2n) is 6.90. The Labute approximate surface area is 171 Å². The normalized spacial score (nSPS) is 11.1. The maximum Gasteiger partial charge on any atom is 0.352 e. The van der Waals surface area contributed by atoms with Gasteiger partial charge in [0.1, 0.15) is 11.5 Å². The van der Waals surface area contributed by atoms with Crippen LogP contribution >= 0.6 is 0 Å². The fraction of sp³-hybridized carbons (Fsp3) is 0.0455. The van der Waals surface area contributed by atoms with Crippen LogP contribution in [0, 0.1) is 0 Å². The number of nitrogens with zero attached hydrogens (tertiary/aromatic N) is 2. The molecule has 2 aromatic carbocycles. The number of fused-ring (bicyclic) bond motifs is 2. The maximum atomic E-state index is 11.2. The van der Waals surface area contributed by atoms with Gasteiger partial charge in [-0.25, -0.2) is 9.78 Å². The van der Waals surface area contributed by atoms with Crippen LogP contribution in [0.15, 0.2) is 67.0 Å². The van der Waals surface area contributed by atoms with Crippen LogP contribution in [0.2, 0.25) is 0 Å². The summed E-state index contributed by atoms with van der Waals surface area (Å²) >= 11 is 0. The zero-order valence-corrected chi connectivity index (χ0v) is 15.8. The Balaban J connectivity index is 1.34. The number of benzene rings is 2. The molecule has 5 N–H and O–H groups in total. The van der Waals surface area contributed by atoms with E-state index >= 15 is 0 Å². The van der Waals surface area contributed by atoms with Crippen molar-refractivity contribution in [3.8, 4) is 0 Å². The van der Waals surface area contributed by atoms with Gasteiger partial charge in [-0.3, -0.25) is 0 Å². The highest BCUT2D eigenvalue weighted by molar-refractivity contribution is 5.99. The molecule has 0 saturated heterocycles. The number of anilines is 3. The summed E-state index contributed by atoms with van der Waals surface area (Å²) in [5.74, 6) is 0.109. The number of rotatable bonds is 6. The molecular formula is C22H18N6O2. The topological polar surface area (TPSA) is 119 Å². The van der Waals surface area contributed by atoms with E-state index in [1.165, 1.54) is 5.39 Å². The van der Waals surface area contributed by atoms with E-state index in [0.717, 1.165) is 27.7 Å². The second kappa shape index (κ2) is 7.25. The van der Waals surface area contributed by atoms with Gasteiger partial charge in [-0.05, 0) is 53.4 Å². The number of hydrogen-bond donors (Lipinski definition) is 5. The molecule has 8 nitrogen and oxygen atoms in total. The van der Waals surface area contributed by atoms with Crippen molar-refractivity contribution in [1.82, 2.24) is 19.9 Å². The number of H-pyrrole nitrogens is 2. The van der Waals surface area contributed by atoms with E-state index in [4.69, 9.17) is 0 Å². The standard InChI is InChI=1S/C22H18N6O2/c29-21(30)19-11-15-17(26-19)2-1-3-18(15)27-22-24-9-7-20(28-22)25-12-13-4-5-16-14(10-13)6-8-23-16/h1-11,23,26H,12H2,(H,29,30)(H2,24,25,27,28).